The molecule has 0 spiro atoms. The number of hydrogen-bond donors (Lipinski definition) is 1. The molecule has 1 aliphatic rings. The summed E-state index contributed by atoms with van der Waals surface area (Å²) >= 11 is 1.13. The van der Waals surface area contributed by atoms with Gasteiger partial charge >= 0.3 is 0 Å². The summed E-state index contributed by atoms with van der Waals surface area (Å²) in [4.78, 5) is 7.82. The lowest BCUT2D eigenvalue weighted by atomic mass is 9.82. The summed E-state index contributed by atoms with van der Waals surface area (Å²) in [5.41, 5.74) is 1.45. The predicted octanol–water partition coefficient (Wildman–Crippen LogP) is 5.27. The number of pyridine rings is 1. The first-order valence-electron chi connectivity index (χ1n) is 11.7. The first-order valence-corrected chi connectivity index (χ1v) is 14.0. The molecule has 9 heteroatoms. The Kier molecular flexibility index (Phi) is 7.43. The number of halogens is 2. The Morgan fingerprint density at radius 3 is 2.49 bits per heavy atom. The molecule has 3 aromatic rings. The Bertz CT molecular complexity index is 1260. The molecule has 1 N–H and O–H groups in total. The Balaban J connectivity index is 1.55. The summed E-state index contributed by atoms with van der Waals surface area (Å²) < 4.78 is 55.5. The largest absolute Gasteiger partial charge is 0.293 e. The minimum Gasteiger partial charge on any atom is -0.293 e. The van der Waals surface area contributed by atoms with Crippen LogP contribution in [0.3, 0.4) is 0 Å². The molecule has 188 valence electrons. The van der Waals surface area contributed by atoms with Gasteiger partial charge in [0.1, 0.15) is 5.82 Å². The van der Waals surface area contributed by atoms with E-state index in [0.717, 1.165) is 59.0 Å². The average molecular weight is 520 g/mol. The number of likely N-dealkylation sites (tertiary alicyclic amines) is 1. The number of nitrogens with zero attached hydrogens (tertiary/aromatic N) is 2. The molecule has 3 heterocycles. The average Bonchev–Trinajstić information content (AvgIpc) is 3.44. The predicted molar refractivity (Wildman–Crippen MR) is 135 cm³/mol. The number of hydrogen-bond acceptors (Lipinski definition) is 5. The highest BCUT2D eigenvalue weighted by Crippen LogP contribution is 2.41. The molecule has 0 amide bonds. The van der Waals surface area contributed by atoms with Gasteiger partial charge in [0, 0.05) is 35.4 Å². The van der Waals surface area contributed by atoms with Gasteiger partial charge in [0.15, 0.2) is 5.13 Å². The Morgan fingerprint density at radius 2 is 1.86 bits per heavy atom. The molecule has 0 bridgehead atoms. The summed E-state index contributed by atoms with van der Waals surface area (Å²) in [6.45, 7) is 8.02. The van der Waals surface area contributed by atoms with E-state index < -0.39 is 15.8 Å². The van der Waals surface area contributed by atoms with Crippen LogP contribution in [0.25, 0.3) is 0 Å². The highest BCUT2D eigenvalue weighted by atomic mass is 32.2. The molecule has 1 aromatic carbocycles. The third-order valence-electron chi connectivity index (χ3n) is 7.14. The van der Waals surface area contributed by atoms with E-state index >= 15 is 0 Å². The molecule has 1 atom stereocenters. The van der Waals surface area contributed by atoms with Crippen LogP contribution in [0.15, 0.2) is 59.6 Å². The molecule has 5 nitrogen and oxygen atoms in total. The third-order valence-corrected chi connectivity index (χ3v) is 9.49. The van der Waals surface area contributed by atoms with Gasteiger partial charge in [0.2, 0.25) is 10.0 Å². The van der Waals surface area contributed by atoms with Crippen molar-refractivity contribution in [3.05, 3.63) is 81.8 Å². The number of nitrogens with one attached hydrogen (secondary N) is 1. The second kappa shape index (κ2) is 10.0. The van der Waals surface area contributed by atoms with Crippen molar-refractivity contribution in [1.82, 2.24) is 14.6 Å². The van der Waals surface area contributed by atoms with E-state index in [4.69, 9.17) is 0 Å². The SMILES string of the molecule is Cc1ccc(C(C)(C)N2CCC(CCc3ccc(F)s3)(CNS(=O)(=O)c3ccc(F)cc3)C2)cn1. The second-order valence-corrected chi connectivity index (χ2v) is 12.8. The quantitative estimate of drug-likeness (QED) is 0.419. The fourth-order valence-electron chi connectivity index (χ4n) is 4.68. The normalized spacial score (nSPS) is 19.3. The number of thiophene rings is 1. The first-order chi connectivity index (χ1) is 16.5. The molecule has 1 aliphatic heterocycles. The minimum atomic E-state index is -3.79. The Morgan fingerprint density at radius 1 is 1.11 bits per heavy atom. The van der Waals surface area contributed by atoms with Crippen molar-refractivity contribution in [3.63, 3.8) is 0 Å². The minimum absolute atomic E-state index is 0.0373. The number of sulfonamides is 1. The summed E-state index contributed by atoms with van der Waals surface area (Å²) in [5.74, 6) is -0.483. The molecule has 35 heavy (non-hydrogen) atoms. The van der Waals surface area contributed by atoms with Crippen LogP contribution in [0.5, 0.6) is 0 Å². The van der Waals surface area contributed by atoms with Gasteiger partial charge in [0.05, 0.1) is 4.90 Å². The van der Waals surface area contributed by atoms with Crippen LogP contribution in [0, 0.1) is 23.3 Å². The summed E-state index contributed by atoms with van der Waals surface area (Å²) in [5, 5.41) is -0.216. The molecular formula is C26H31F2N3O2S2. The first kappa shape index (κ1) is 25.9. The monoisotopic (exact) mass is 519 g/mol. The van der Waals surface area contributed by atoms with Crippen LogP contribution in [-0.4, -0.2) is 37.9 Å². The van der Waals surface area contributed by atoms with Crippen LogP contribution in [-0.2, 0) is 22.0 Å². The van der Waals surface area contributed by atoms with Gasteiger partial charge in [-0.1, -0.05) is 6.07 Å². The van der Waals surface area contributed by atoms with Crippen molar-refractivity contribution >= 4 is 21.4 Å². The van der Waals surface area contributed by atoms with Crippen LogP contribution in [0.4, 0.5) is 8.78 Å². The fraction of sp³-hybridized carbons (Fsp3) is 0.423. The molecule has 0 saturated carbocycles. The van der Waals surface area contributed by atoms with Crippen LogP contribution >= 0.6 is 11.3 Å². The van der Waals surface area contributed by atoms with E-state index in [1.807, 2.05) is 19.2 Å². The van der Waals surface area contributed by atoms with Crippen molar-refractivity contribution in [1.29, 1.82) is 0 Å². The van der Waals surface area contributed by atoms with Gasteiger partial charge in [-0.15, -0.1) is 11.3 Å². The number of rotatable bonds is 9. The topological polar surface area (TPSA) is 62.3 Å². The highest BCUT2D eigenvalue weighted by molar-refractivity contribution is 7.89. The summed E-state index contributed by atoms with van der Waals surface area (Å²) in [6, 6.07) is 12.2. The molecule has 0 aliphatic carbocycles. The van der Waals surface area contributed by atoms with Crippen LogP contribution in [0.1, 0.15) is 42.8 Å². The maximum Gasteiger partial charge on any atom is 0.240 e. The van der Waals surface area contributed by atoms with Gasteiger partial charge in [0.25, 0.3) is 0 Å². The Hall–Kier alpha value is -2.20. The van der Waals surface area contributed by atoms with Gasteiger partial charge in [-0.2, -0.15) is 4.39 Å². The smallest absolute Gasteiger partial charge is 0.240 e. The van der Waals surface area contributed by atoms with Crippen molar-refractivity contribution in [2.24, 2.45) is 5.41 Å². The summed E-state index contributed by atoms with van der Waals surface area (Å²) in [6.07, 6.45) is 4.10. The van der Waals surface area contributed by atoms with Gasteiger partial charge in [-0.25, -0.2) is 17.5 Å². The third kappa shape index (κ3) is 5.97. The zero-order valence-electron chi connectivity index (χ0n) is 20.2. The lowest BCUT2D eigenvalue weighted by molar-refractivity contribution is 0.128. The van der Waals surface area contributed by atoms with Crippen LogP contribution in [0.2, 0.25) is 0 Å². The molecule has 2 aromatic heterocycles. The molecule has 1 saturated heterocycles. The van der Waals surface area contributed by atoms with E-state index in [1.165, 1.54) is 18.2 Å². The van der Waals surface area contributed by atoms with E-state index in [0.29, 0.717) is 13.0 Å². The zero-order chi connectivity index (χ0) is 25.3. The second-order valence-electron chi connectivity index (χ2n) is 9.90. The van der Waals surface area contributed by atoms with E-state index in [2.05, 4.69) is 34.5 Å². The van der Waals surface area contributed by atoms with Crippen molar-refractivity contribution < 1.29 is 17.2 Å². The molecule has 1 unspecified atom stereocenters. The molecule has 4 rings (SSSR count). The fourth-order valence-corrected chi connectivity index (χ4v) is 6.56. The van der Waals surface area contributed by atoms with Crippen LogP contribution < -0.4 is 4.72 Å². The maximum atomic E-state index is 13.6. The number of benzene rings is 1. The lowest BCUT2D eigenvalue weighted by Gasteiger charge is -2.38. The zero-order valence-corrected chi connectivity index (χ0v) is 21.9. The van der Waals surface area contributed by atoms with Crippen molar-refractivity contribution in [3.8, 4) is 0 Å². The van der Waals surface area contributed by atoms with Gasteiger partial charge < -0.3 is 0 Å². The molecular weight excluding hydrogens is 488 g/mol. The van der Waals surface area contributed by atoms with Gasteiger partial charge in [-0.3, -0.25) is 9.88 Å². The van der Waals surface area contributed by atoms with Crippen molar-refractivity contribution in [2.45, 2.75) is 50.5 Å². The van der Waals surface area contributed by atoms with E-state index in [-0.39, 0.29) is 27.5 Å². The van der Waals surface area contributed by atoms with E-state index in [9.17, 15) is 17.2 Å². The summed E-state index contributed by atoms with van der Waals surface area (Å²) in [7, 11) is -3.79. The lowest BCUT2D eigenvalue weighted by Crippen LogP contribution is -2.44. The highest BCUT2D eigenvalue weighted by Gasteiger charge is 2.44. The molecule has 1 fully saturated rings. The van der Waals surface area contributed by atoms with E-state index in [1.54, 1.807) is 6.07 Å². The number of aromatic nitrogens is 1. The van der Waals surface area contributed by atoms with Crippen molar-refractivity contribution in [2.75, 3.05) is 19.6 Å². The molecule has 0 radical (unpaired) electrons. The number of aryl methyl sites for hydroxylation is 2. The standard InChI is InChI=1S/C26H31F2N3O2S2/c1-19-4-5-20(16-29-19)25(2,3)31-15-14-26(18-31,13-12-22-8-11-24(28)34-22)17-30-35(32,33)23-9-6-21(27)7-10-23/h4-11,16,30H,12-15,17-18H2,1-3H3. The maximum absolute atomic E-state index is 13.6. The van der Waals surface area contributed by atoms with Gasteiger partial charge in [-0.05, 0) is 100 Å². The Labute approximate surface area is 210 Å².